The Labute approximate surface area is 149 Å². The number of esters is 1. The van der Waals surface area contributed by atoms with Crippen molar-refractivity contribution in [1.29, 1.82) is 0 Å². The van der Waals surface area contributed by atoms with Crippen LogP contribution in [0.3, 0.4) is 0 Å². The van der Waals surface area contributed by atoms with Crippen molar-refractivity contribution in [1.82, 2.24) is 10.6 Å². The standard InChI is InChI=1S/C16H22BrN3O4/c1-11(2)24-15(22)8-10-18-14(21)7-9-19-16(23)20-13-5-3-12(17)4-6-13/h3-6,11H,7-10H2,1-2H3,(H,18,21)(H2,19,20,23). The van der Waals surface area contributed by atoms with Gasteiger partial charge in [-0.15, -0.1) is 0 Å². The summed E-state index contributed by atoms with van der Waals surface area (Å²) < 4.78 is 5.87. The fraction of sp³-hybridized carbons (Fsp3) is 0.438. The van der Waals surface area contributed by atoms with Crippen molar-refractivity contribution in [3.05, 3.63) is 28.7 Å². The lowest BCUT2D eigenvalue weighted by Crippen LogP contribution is -2.34. The Hall–Kier alpha value is -2.09. The van der Waals surface area contributed by atoms with Gasteiger partial charge in [-0.25, -0.2) is 4.79 Å². The maximum absolute atomic E-state index is 11.7. The van der Waals surface area contributed by atoms with E-state index >= 15 is 0 Å². The Morgan fingerprint density at radius 2 is 1.67 bits per heavy atom. The van der Waals surface area contributed by atoms with Crippen LogP contribution in [0.5, 0.6) is 0 Å². The molecule has 3 amide bonds. The molecule has 24 heavy (non-hydrogen) atoms. The molecule has 0 aliphatic carbocycles. The molecule has 3 N–H and O–H groups in total. The molecule has 0 fully saturated rings. The Kier molecular flexibility index (Phi) is 8.85. The lowest BCUT2D eigenvalue weighted by Gasteiger charge is -2.09. The minimum Gasteiger partial charge on any atom is -0.463 e. The highest BCUT2D eigenvalue weighted by molar-refractivity contribution is 9.10. The Morgan fingerprint density at radius 1 is 1.04 bits per heavy atom. The number of benzene rings is 1. The second kappa shape index (κ2) is 10.6. The van der Waals surface area contributed by atoms with Crippen molar-refractivity contribution in [3.8, 4) is 0 Å². The summed E-state index contributed by atoms with van der Waals surface area (Å²) in [6, 6.07) is 6.76. The van der Waals surface area contributed by atoms with Crippen LogP contribution in [0.2, 0.25) is 0 Å². The molecule has 132 valence electrons. The van der Waals surface area contributed by atoms with Crippen molar-refractivity contribution in [2.75, 3.05) is 18.4 Å². The molecule has 1 aromatic rings. The number of halogens is 1. The summed E-state index contributed by atoms with van der Waals surface area (Å²) in [4.78, 5) is 34.5. The first-order valence-corrected chi connectivity index (χ1v) is 8.42. The summed E-state index contributed by atoms with van der Waals surface area (Å²) in [5.74, 6) is -0.589. The van der Waals surface area contributed by atoms with Crippen LogP contribution in [0.4, 0.5) is 10.5 Å². The van der Waals surface area contributed by atoms with Crippen LogP contribution in [-0.2, 0) is 14.3 Å². The van der Waals surface area contributed by atoms with Gasteiger partial charge in [0.05, 0.1) is 12.5 Å². The zero-order chi connectivity index (χ0) is 17.9. The molecule has 0 radical (unpaired) electrons. The summed E-state index contributed by atoms with van der Waals surface area (Å²) in [5.41, 5.74) is 0.656. The van der Waals surface area contributed by atoms with E-state index in [-0.39, 0.29) is 49.9 Å². The third kappa shape index (κ3) is 9.14. The highest BCUT2D eigenvalue weighted by Gasteiger charge is 2.07. The van der Waals surface area contributed by atoms with Crippen LogP contribution < -0.4 is 16.0 Å². The van der Waals surface area contributed by atoms with Gasteiger partial charge in [0, 0.05) is 29.7 Å². The van der Waals surface area contributed by atoms with Crippen LogP contribution >= 0.6 is 15.9 Å². The van der Waals surface area contributed by atoms with Crippen LogP contribution in [0.1, 0.15) is 26.7 Å². The summed E-state index contributed by atoms with van der Waals surface area (Å²) in [7, 11) is 0. The third-order valence-electron chi connectivity index (χ3n) is 2.76. The molecule has 0 spiro atoms. The van der Waals surface area contributed by atoms with E-state index in [9.17, 15) is 14.4 Å². The summed E-state index contributed by atoms with van der Waals surface area (Å²) >= 11 is 3.31. The van der Waals surface area contributed by atoms with Crippen molar-refractivity contribution in [2.45, 2.75) is 32.8 Å². The molecule has 8 heteroatoms. The zero-order valence-electron chi connectivity index (χ0n) is 13.7. The molecule has 0 heterocycles. The first-order valence-electron chi connectivity index (χ1n) is 7.63. The number of amides is 3. The number of urea groups is 1. The topological polar surface area (TPSA) is 96.5 Å². The Morgan fingerprint density at radius 3 is 2.29 bits per heavy atom. The minimum absolute atomic E-state index is 0.126. The smallest absolute Gasteiger partial charge is 0.319 e. The monoisotopic (exact) mass is 399 g/mol. The quantitative estimate of drug-likeness (QED) is 0.584. The average Bonchev–Trinajstić information content (AvgIpc) is 2.49. The number of carbonyl (C=O) groups is 3. The van der Waals surface area contributed by atoms with Gasteiger partial charge in [0.1, 0.15) is 0 Å². The second-order valence-electron chi connectivity index (χ2n) is 5.28. The van der Waals surface area contributed by atoms with Gasteiger partial charge in [0.2, 0.25) is 5.91 Å². The number of nitrogens with one attached hydrogen (secondary N) is 3. The van der Waals surface area contributed by atoms with E-state index < -0.39 is 0 Å². The summed E-state index contributed by atoms with van der Waals surface area (Å²) in [5, 5.41) is 7.84. The van der Waals surface area contributed by atoms with Gasteiger partial charge in [-0.3, -0.25) is 9.59 Å². The van der Waals surface area contributed by atoms with Gasteiger partial charge >= 0.3 is 12.0 Å². The van der Waals surface area contributed by atoms with Gasteiger partial charge in [0.25, 0.3) is 0 Å². The average molecular weight is 400 g/mol. The number of carbonyl (C=O) groups excluding carboxylic acids is 3. The summed E-state index contributed by atoms with van der Waals surface area (Å²) in [6.45, 7) is 3.95. The van der Waals surface area contributed by atoms with Crippen LogP contribution in [-0.4, -0.2) is 37.1 Å². The Bertz CT molecular complexity index is 561. The predicted octanol–water partition coefficient (Wildman–Crippen LogP) is 2.42. The lowest BCUT2D eigenvalue weighted by atomic mass is 10.3. The Balaban J connectivity index is 2.13. The number of ether oxygens (including phenoxy) is 1. The van der Waals surface area contributed by atoms with E-state index in [0.717, 1.165) is 4.47 Å². The SMILES string of the molecule is CC(C)OC(=O)CCNC(=O)CCNC(=O)Nc1ccc(Br)cc1. The van der Waals surface area contributed by atoms with Gasteiger partial charge in [-0.05, 0) is 38.1 Å². The van der Waals surface area contributed by atoms with E-state index in [0.29, 0.717) is 5.69 Å². The van der Waals surface area contributed by atoms with Crippen molar-refractivity contribution >= 4 is 39.5 Å². The molecule has 0 aliphatic rings. The van der Waals surface area contributed by atoms with Crippen LogP contribution in [0.15, 0.2) is 28.7 Å². The van der Waals surface area contributed by atoms with E-state index in [1.54, 1.807) is 26.0 Å². The van der Waals surface area contributed by atoms with Crippen LogP contribution in [0, 0.1) is 0 Å². The highest BCUT2D eigenvalue weighted by Crippen LogP contribution is 2.13. The minimum atomic E-state index is -0.384. The van der Waals surface area contributed by atoms with Crippen molar-refractivity contribution in [3.63, 3.8) is 0 Å². The van der Waals surface area contributed by atoms with Gasteiger partial charge in [0.15, 0.2) is 0 Å². The fourth-order valence-electron chi connectivity index (χ4n) is 1.71. The molecule has 0 aromatic heterocycles. The maximum Gasteiger partial charge on any atom is 0.319 e. The zero-order valence-corrected chi connectivity index (χ0v) is 15.3. The predicted molar refractivity (Wildman–Crippen MR) is 94.6 cm³/mol. The third-order valence-corrected chi connectivity index (χ3v) is 3.29. The first kappa shape index (κ1) is 20.0. The molecule has 0 saturated heterocycles. The highest BCUT2D eigenvalue weighted by atomic mass is 79.9. The second-order valence-corrected chi connectivity index (χ2v) is 6.19. The molecular weight excluding hydrogens is 378 g/mol. The number of anilines is 1. The van der Waals surface area contributed by atoms with E-state index in [2.05, 4.69) is 31.9 Å². The fourth-order valence-corrected chi connectivity index (χ4v) is 1.98. The molecule has 0 unspecified atom stereocenters. The van der Waals surface area contributed by atoms with E-state index in [1.165, 1.54) is 0 Å². The number of rotatable bonds is 8. The largest absolute Gasteiger partial charge is 0.463 e. The van der Waals surface area contributed by atoms with E-state index in [4.69, 9.17) is 4.74 Å². The normalized spacial score (nSPS) is 10.2. The molecule has 0 aliphatic heterocycles. The number of hydrogen-bond donors (Lipinski definition) is 3. The molecule has 7 nitrogen and oxygen atoms in total. The molecule has 1 aromatic carbocycles. The van der Waals surface area contributed by atoms with Gasteiger partial charge in [-0.2, -0.15) is 0 Å². The van der Waals surface area contributed by atoms with Crippen molar-refractivity contribution in [2.24, 2.45) is 0 Å². The van der Waals surface area contributed by atoms with Gasteiger partial charge < -0.3 is 20.7 Å². The molecule has 0 bridgehead atoms. The lowest BCUT2D eigenvalue weighted by molar-refractivity contribution is -0.147. The first-order chi connectivity index (χ1) is 11.4. The molecule has 1 rings (SSSR count). The van der Waals surface area contributed by atoms with Crippen molar-refractivity contribution < 1.29 is 19.1 Å². The molecule has 0 atom stereocenters. The van der Waals surface area contributed by atoms with E-state index in [1.807, 2.05) is 12.1 Å². The number of hydrogen-bond acceptors (Lipinski definition) is 4. The molecular formula is C16H22BrN3O4. The molecule has 0 saturated carbocycles. The maximum atomic E-state index is 11.7. The van der Waals surface area contributed by atoms with Crippen LogP contribution in [0.25, 0.3) is 0 Å². The van der Waals surface area contributed by atoms with Gasteiger partial charge in [-0.1, -0.05) is 15.9 Å². The summed E-state index contributed by atoms with van der Waals surface area (Å²) in [6.07, 6.45) is 0.0932.